The number of likely N-dealkylation sites (tertiary alicyclic amines) is 1. The van der Waals surface area contributed by atoms with Crippen molar-refractivity contribution in [3.8, 4) is 0 Å². The molecule has 10 nitrogen and oxygen atoms in total. The molecule has 4 amide bonds. The summed E-state index contributed by atoms with van der Waals surface area (Å²) in [7, 11) is 0. The molecule has 4 N–H and O–H groups in total. The van der Waals surface area contributed by atoms with Crippen molar-refractivity contribution in [3.63, 3.8) is 0 Å². The lowest BCUT2D eigenvalue weighted by atomic mass is 9.90. The highest BCUT2D eigenvalue weighted by Gasteiger charge is 2.70. The number of Topliss-reactive ketones (excluding diaryl/α,β-unsaturated/α-hetero) is 1. The van der Waals surface area contributed by atoms with Crippen LogP contribution in [0.3, 0.4) is 0 Å². The van der Waals surface area contributed by atoms with E-state index in [-0.39, 0.29) is 64.1 Å². The van der Waals surface area contributed by atoms with Gasteiger partial charge in [-0.3, -0.25) is 24.0 Å². The Hall–Kier alpha value is -3.47. The van der Waals surface area contributed by atoms with Gasteiger partial charge in [0.25, 0.3) is 5.91 Å². The van der Waals surface area contributed by atoms with Crippen molar-refractivity contribution in [3.05, 3.63) is 35.8 Å². The number of halogens is 2. The minimum absolute atomic E-state index is 0.0680. The molecule has 2 saturated carbocycles. The Balaban J connectivity index is 1.20. The van der Waals surface area contributed by atoms with Crippen molar-refractivity contribution in [2.24, 2.45) is 29.1 Å². The predicted molar refractivity (Wildman–Crippen MR) is 157 cm³/mol. The van der Waals surface area contributed by atoms with Crippen LogP contribution in [0.15, 0.2) is 24.3 Å². The molecule has 2 aromatic rings. The number of ketones is 1. The molecule has 2 saturated heterocycles. The number of hydrogen-bond donors (Lipinski definition) is 4. The largest absolute Gasteiger partial charge is 0.356 e. The summed E-state index contributed by atoms with van der Waals surface area (Å²) in [6.45, 7) is 5.08. The summed E-state index contributed by atoms with van der Waals surface area (Å²) < 4.78 is 14.2. The van der Waals surface area contributed by atoms with Crippen molar-refractivity contribution >= 4 is 51.9 Å². The van der Waals surface area contributed by atoms with Gasteiger partial charge in [-0.2, -0.15) is 0 Å². The number of aromatic nitrogens is 1. The van der Waals surface area contributed by atoms with Gasteiger partial charge < -0.3 is 25.8 Å². The van der Waals surface area contributed by atoms with Gasteiger partial charge in [-0.15, -0.1) is 11.6 Å². The maximum Gasteiger partial charge on any atom is 0.268 e. The second kappa shape index (κ2) is 11.2. The Kier molecular flexibility index (Phi) is 7.73. The molecule has 6 atom stereocenters. The standard InChI is InChI=1S/C31H37ClFN5O5/c1-31(2)18-14-38(26(24(18)31)29(42)36-21(23(39)13-32)11-16-5-4-10-34-27(16)40)30(43)25(15-8-9-15)37-28(41)22-12-17-19(33)6-3-7-20(17)35-22/h3,6-7,12,15-16,18,21,24-26,35H,4-5,8-11,13-14H2,1-2H3,(H,34,40)(H,36,42)(H,37,41)/t16-,18-,21-,24-,25?,26-/m0/s1. The maximum atomic E-state index is 14.2. The summed E-state index contributed by atoms with van der Waals surface area (Å²) in [5.74, 6) is -3.08. The molecule has 1 aromatic carbocycles. The van der Waals surface area contributed by atoms with Crippen LogP contribution in [0.25, 0.3) is 10.9 Å². The monoisotopic (exact) mass is 613 g/mol. The maximum absolute atomic E-state index is 14.2. The highest BCUT2D eigenvalue weighted by molar-refractivity contribution is 6.28. The molecule has 12 heteroatoms. The number of rotatable bonds is 10. The number of carbonyl (C=O) groups is 5. The Morgan fingerprint density at radius 1 is 1.16 bits per heavy atom. The molecule has 0 spiro atoms. The normalized spacial score (nSPS) is 27.2. The molecular weight excluding hydrogens is 577 g/mol. The zero-order chi connectivity index (χ0) is 30.6. The fourth-order valence-electron chi connectivity index (χ4n) is 7.23. The van der Waals surface area contributed by atoms with Crippen molar-refractivity contribution < 1.29 is 28.4 Å². The van der Waals surface area contributed by atoms with Gasteiger partial charge in [-0.1, -0.05) is 19.9 Å². The van der Waals surface area contributed by atoms with Crippen LogP contribution in [0.5, 0.6) is 0 Å². The number of alkyl halides is 1. The average Bonchev–Trinajstić information content (AvgIpc) is 3.76. The zero-order valence-corrected chi connectivity index (χ0v) is 25.0. The fourth-order valence-corrected chi connectivity index (χ4v) is 7.41. The van der Waals surface area contributed by atoms with Crippen molar-refractivity contribution in [2.45, 2.75) is 64.1 Å². The molecule has 43 heavy (non-hydrogen) atoms. The Bertz CT molecular complexity index is 1490. The summed E-state index contributed by atoms with van der Waals surface area (Å²) in [6.07, 6.45) is 3.07. The van der Waals surface area contributed by atoms with Crippen LogP contribution < -0.4 is 16.0 Å². The third-order valence-electron chi connectivity index (χ3n) is 10.0. The first kappa shape index (κ1) is 29.6. The van der Waals surface area contributed by atoms with E-state index >= 15 is 0 Å². The van der Waals surface area contributed by atoms with Gasteiger partial charge in [-0.05, 0) is 73.5 Å². The molecule has 1 aromatic heterocycles. The number of H-pyrrole nitrogens is 1. The van der Waals surface area contributed by atoms with Gasteiger partial charge in [0.1, 0.15) is 23.6 Å². The molecule has 1 unspecified atom stereocenters. The molecule has 0 bridgehead atoms. The van der Waals surface area contributed by atoms with Gasteiger partial charge in [0.15, 0.2) is 5.78 Å². The van der Waals surface area contributed by atoms with Gasteiger partial charge in [0, 0.05) is 29.9 Å². The third-order valence-corrected chi connectivity index (χ3v) is 10.3. The summed E-state index contributed by atoms with van der Waals surface area (Å²) in [4.78, 5) is 70.9. The van der Waals surface area contributed by atoms with E-state index in [1.807, 2.05) is 0 Å². The number of nitrogens with one attached hydrogen (secondary N) is 4. The second-order valence-electron chi connectivity index (χ2n) is 13.1. The van der Waals surface area contributed by atoms with Crippen molar-refractivity contribution in [1.29, 1.82) is 0 Å². The summed E-state index contributed by atoms with van der Waals surface area (Å²) in [5.41, 5.74) is 0.457. The Morgan fingerprint density at radius 2 is 1.93 bits per heavy atom. The van der Waals surface area contributed by atoms with Crippen molar-refractivity contribution in [2.75, 3.05) is 19.0 Å². The van der Waals surface area contributed by atoms with E-state index < -0.39 is 41.7 Å². The first-order chi connectivity index (χ1) is 20.5. The average molecular weight is 614 g/mol. The summed E-state index contributed by atoms with van der Waals surface area (Å²) in [5, 5.41) is 8.81. The van der Waals surface area contributed by atoms with Crippen LogP contribution >= 0.6 is 11.6 Å². The zero-order valence-electron chi connectivity index (χ0n) is 24.3. The van der Waals surface area contributed by atoms with E-state index in [4.69, 9.17) is 11.6 Å². The number of hydrogen-bond acceptors (Lipinski definition) is 5. The molecule has 230 valence electrons. The number of nitrogens with zero attached hydrogens (tertiary/aromatic N) is 1. The lowest BCUT2D eigenvalue weighted by Crippen LogP contribution is -2.58. The van der Waals surface area contributed by atoms with E-state index in [0.717, 1.165) is 19.3 Å². The highest BCUT2D eigenvalue weighted by atomic mass is 35.5. The minimum atomic E-state index is -0.946. The number of carbonyl (C=O) groups excluding carboxylic acids is 5. The molecular formula is C31H37ClFN5O5. The first-order valence-corrected chi connectivity index (χ1v) is 15.6. The number of fused-ring (bicyclic) bond motifs is 2. The van der Waals surface area contributed by atoms with Gasteiger partial charge in [-0.25, -0.2) is 4.39 Å². The minimum Gasteiger partial charge on any atom is -0.356 e. The first-order valence-electron chi connectivity index (χ1n) is 15.1. The summed E-state index contributed by atoms with van der Waals surface area (Å²) in [6, 6.07) is 3.35. The SMILES string of the molecule is CC1(C)[C@@H]2[C@@H](C(=O)N[C@@H](C[C@@H]3CCCNC3=O)C(=O)CCl)N(C(=O)C(NC(=O)c3cc4c(F)cccc4[nH]3)C3CC3)C[C@@H]21. The van der Waals surface area contributed by atoms with E-state index in [2.05, 4.69) is 34.8 Å². The molecule has 0 radical (unpaired) electrons. The number of amides is 4. The molecule has 6 rings (SSSR count). The lowest BCUT2D eigenvalue weighted by Gasteiger charge is -2.34. The molecule has 2 aliphatic carbocycles. The quantitative estimate of drug-likeness (QED) is 0.305. The smallest absolute Gasteiger partial charge is 0.268 e. The van der Waals surface area contributed by atoms with Crippen LogP contribution in [-0.4, -0.2) is 76.4 Å². The van der Waals surface area contributed by atoms with Gasteiger partial charge >= 0.3 is 0 Å². The highest BCUT2D eigenvalue weighted by Crippen LogP contribution is 2.65. The van der Waals surface area contributed by atoms with Crippen LogP contribution in [0.2, 0.25) is 0 Å². The predicted octanol–water partition coefficient (Wildman–Crippen LogP) is 2.51. The number of aromatic amines is 1. The number of benzene rings is 1. The molecule has 4 fully saturated rings. The Labute approximate surface area is 253 Å². The number of piperidine rings is 2. The van der Waals surface area contributed by atoms with Gasteiger partial charge in [0.2, 0.25) is 17.7 Å². The Morgan fingerprint density at radius 3 is 2.60 bits per heavy atom. The van der Waals surface area contributed by atoms with Crippen molar-refractivity contribution in [1.82, 2.24) is 25.8 Å². The third kappa shape index (κ3) is 5.52. The topological polar surface area (TPSA) is 140 Å². The van der Waals surface area contributed by atoms with Crippen LogP contribution in [0.4, 0.5) is 4.39 Å². The van der Waals surface area contributed by atoms with E-state index in [1.54, 1.807) is 17.0 Å². The lowest BCUT2D eigenvalue weighted by molar-refractivity contribution is -0.143. The molecule has 3 heterocycles. The van der Waals surface area contributed by atoms with E-state index in [1.165, 1.54) is 12.1 Å². The van der Waals surface area contributed by atoms with Crippen LogP contribution in [0.1, 0.15) is 56.4 Å². The second-order valence-corrected chi connectivity index (χ2v) is 13.4. The fraction of sp³-hybridized carbons (Fsp3) is 0.581. The molecule has 4 aliphatic rings. The molecule has 2 aliphatic heterocycles. The van der Waals surface area contributed by atoms with E-state index in [9.17, 15) is 28.4 Å². The van der Waals surface area contributed by atoms with Crippen LogP contribution in [0, 0.1) is 34.9 Å². The van der Waals surface area contributed by atoms with E-state index in [0.29, 0.717) is 25.0 Å². The summed E-state index contributed by atoms with van der Waals surface area (Å²) >= 11 is 5.89. The van der Waals surface area contributed by atoms with Gasteiger partial charge in [0.05, 0.1) is 11.9 Å². The van der Waals surface area contributed by atoms with Crippen LogP contribution in [-0.2, 0) is 19.2 Å².